The van der Waals surface area contributed by atoms with Crippen molar-refractivity contribution in [2.24, 2.45) is 5.73 Å². The fourth-order valence-electron chi connectivity index (χ4n) is 3.98. The minimum atomic E-state index is -2.16. The smallest absolute Gasteiger partial charge is 0.301 e. The largest absolute Gasteiger partial charge is 0.368 e. The second-order valence-corrected chi connectivity index (χ2v) is 31.2. The van der Waals surface area contributed by atoms with Gasteiger partial charge < -0.3 is 15.3 Å². The van der Waals surface area contributed by atoms with Crippen LogP contribution in [0.3, 0.4) is 0 Å². The van der Waals surface area contributed by atoms with E-state index < -0.39 is 37.4 Å². The number of nitrogens with two attached hydrogens (primary N) is 1. The number of amides is 3. The van der Waals surface area contributed by atoms with E-state index in [0.717, 1.165) is 0 Å². The molecule has 0 atom stereocenters. The molecule has 0 saturated heterocycles. The third-order valence-corrected chi connectivity index (χ3v) is 17.3. The highest BCUT2D eigenvalue weighted by atomic mass is 28.4. The summed E-state index contributed by atoms with van der Waals surface area (Å²) in [7, 11) is -8.28. The van der Waals surface area contributed by atoms with Crippen molar-refractivity contribution in [1.82, 2.24) is 9.55 Å². The van der Waals surface area contributed by atoms with Gasteiger partial charge in [0, 0.05) is 0 Å². The zero-order valence-electron chi connectivity index (χ0n) is 17.8. The van der Waals surface area contributed by atoms with Crippen LogP contribution in [-0.4, -0.2) is 53.9 Å². The van der Waals surface area contributed by atoms with Gasteiger partial charge in [0.25, 0.3) is 0 Å². The number of carbonyl (C=O) groups excluding carboxylic acids is 2. The van der Waals surface area contributed by atoms with E-state index in [1.165, 1.54) is 0 Å². The molecule has 0 aromatic carbocycles. The van der Waals surface area contributed by atoms with Gasteiger partial charge in [-0.15, -0.1) is 0 Å². The predicted octanol–water partition coefficient (Wildman–Crippen LogP) is 3.65. The van der Waals surface area contributed by atoms with Gasteiger partial charge in [-0.25, -0.2) is 0 Å². The summed E-state index contributed by atoms with van der Waals surface area (Å²) >= 11 is 0. The van der Waals surface area contributed by atoms with E-state index in [-0.39, 0.29) is 11.9 Å². The zero-order chi connectivity index (χ0) is 19.9. The van der Waals surface area contributed by atoms with Crippen LogP contribution in [0.15, 0.2) is 0 Å². The van der Waals surface area contributed by atoms with Crippen molar-refractivity contribution in [3.05, 3.63) is 0 Å². The molecular formula is C15H39N3O2Si4. The van der Waals surface area contributed by atoms with Crippen LogP contribution >= 0.6 is 0 Å². The lowest BCUT2D eigenvalue weighted by Gasteiger charge is -2.59. The molecule has 0 aliphatic rings. The molecule has 0 bridgehead atoms. The van der Waals surface area contributed by atoms with Crippen LogP contribution in [0.25, 0.3) is 0 Å². The summed E-state index contributed by atoms with van der Waals surface area (Å²) in [4.78, 5) is 28.8. The quantitative estimate of drug-likeness (QED) is 0.662. The van der Waals surface area contributed by atoms with Gasteiger partial charge >= 0.3 is 6.03 Å². The Labute approximate surface area is 153 Å². The number of hydrogen-bond donors (Lipinski definition) is 2. The Morgan fingerprint density at radius 2 is 1.12 bits per heavy atom. The average Bonchev–Trinajstić information content (AvgIpc) is 2.15. The molecule has 0 spiro atoms. The van der Waals surface area contributed by atoms with E-state index in [1.54, 1.807) is 0 Å². The van der Waals surface area contributed by atoms with Gasteiger partial charge in [-0.3, -0.25) is 9.59 Å². The number of urea groups is 1. The fraction of sp³-hybridized carbons (Fsp3) is 0.867. The summed E-state index contributed by atoms with van der Waals surface area (Å²) in [5.41, 5.74) is 6.09. The highest BCUT2D eigenvalue weighted by molar-refractivity contribution is 7.04. The van der Waals surface area contributed by atoms with Crippen molar-refractivity contribution in [2.45, 2.75) is 83.3 Å². The van der Waals surface area contributed by atoms with Crippen molar-refractivity contribution in [1.29, 1.82) is 0 Å². The van der Waals surface area contributed by atoms with Crippen LogP contribution in [0.2, 0.25) is 78.6 Å². The van der Waals surface area contributed by atoms with E-state index in [0.29, 0.717) is 0 Å². The number of nitrogens with one attached hydrogen (secondary N) is 1. The molecule has 142 valence electrons. The number of nitrogens with zero attached hydrogens (tertiary/aromatic N) is 1. The molecule has 0 saturated carbocycles. The Morgan fingerprint density at radius 3 is 1.29 bits per heavy atom. The van der Waals surface area contributed by atoms with E-state index in [1.807, 2.05) is 4.57 Å². The van der Waals surface area contributed by atoms with E-state index in [9.17, 15) is 9.59 Å². The molecule has 3 amide bonds. The first kappa shape index (κ1) is 23.6. The average molecular weight is 406 g/mol. The molecule has 0 radical (unpaired) electrons. The lowest BCUT2D eigenvalue weighted by molar-refractivity contribution is -0.121. The molecule has 9 heteroatoms. The van der Waals surface area contributed by atoms with E-state index >= 15 is 0 Å². The monoisotopic (exact) mass is 405 g/mol. The van der Waals surface area contributed by atoms with Gasteiger partial charge in [0.2, 0.25) is 5.91 Å². The number of carbonyl (C=O) groups is 2. The van der Waals surface area contributed by atoms with Crippen molar-refractivity contribution >= 4 is 44.6 Å². The van der Waals surface area contributed by atoms with Gasteiger partial charge in [0.15, 0.2) is 8.24 Å². The Morgan fingerprint density at radius 1 is 0.792 bits per heavy atom. The molecule has 0 heterocycles. The minimum Gasteiger partial charge on any atom is -0.368 e. The fourth-order valence-corrected chi connectivity index (χ4v) is 22.7. The molecule has 0 unspecified atom stereocenters. The van der Waals surface area contributed by atoms with Gasteiger partial charge in [0.05, 0.1) is 20.9 Å². The molecule has 0 aliphatic carbocycles. The van der Waals surface area contributed by atoms with Crippen LogP contribution in [0.4, 0.5) is 4.79 Å². The van der Waals surface area contributed by atoms with Gasteiger partial charge in [-0.1, -0.05) is 78.6 Å². The Bertz CT molecular complexity index is 483. The maximum absolute atomic E-state index is 13.4. The van der Waals surface area contributed by atoms with Crippen LogP contribution in [-0.2, 0) is 4.79 Å². The summed E-state index contributed by atoms with van der Waals surface area (Å²) in [5.74, 6) is -0.311. The van der Waals surface area contributed by atoms with Gasteiger partial charge in [-0.2, -0.15) is 0 Å². The van der Waals surface area contributed by atoms with Crippen molar-refractivity contribution < 1.29 is 9.59 Å². The predicted molar refractivity (Wildman–Crippen MR) is 116 cm³/mol. The Kier molecular flexibility index (Phi) is 6.62. The number of hydrogen-bond acceptors (Lipinski definition) is 2. The Balaban J connectivity index is 6.77. The summed E-state index contributed by atoms with van der Waals surface area (Å²) < 4.78 is 1.96. The standard InChI is InChI=1S/C15H39N3O2Si4/c1-21(2,3)15(13(16)19,22(4,5)6)18(24(10,11)12)14(20)17-23(7,8)9/h1-12H3,(H2,16,19)(H,17,20). The lowest BCUT2D eigenvalue weighted by Crippen LogP contribution is -2.85. The molecule has 5 nitrogen and oxygen atoms in total. The van der Waals surface area contributed by atoms with Gasteiger partial charge in [0.1, 0.15) is 8.24 Å². The summed E-state index contributed by atoms with van der Waals surface area (Å²) in [6.45, 7) is 25.7. The molecule has 0 fully saturated rings. The topological polar surface area (TPSA) is 75.4 Å². The maximum Gasteiger partial charge on any atom is 0.301 e. The SMILES string of the molecule is C[Si](C)(C)NC(=O)N(C(C(N)=O)([Si](C)(C)C)[Si](C)(C)C)[Si](C)(C)C. The van der Waals surface area contributed by atoms with Crippen molar-refractivity contribution in [3.8, 4) is 0 Å². The number of primary amides is 1. The van der Waals surface area contributed by atoms with Crippen LogP contribution in [0.5, 0.6) is 0 Å². The molecule has 0 aliphatic heterocycles. The molecule has 0 aromatic heterocycles. The molecular weight excluding hydrogens is 367 g/mol. The second kappa shape index (κ2) is 6.73. The minimum absolute atomic E-state index is 0.0861. The normalized spacial score (nSPS) is 14.3. The van der Waals surface area contributed by atoms with Crippen LogP contribution in [0.1, 0.15) is 0 Å². The summed E-state index contributed by atoms with van der Waals surface area (Å²) in [5, 5.41) is 0. The van der Waals surface area contributed by atoms with Crippen LogP contribution in [0, 0.1) is 0 Å². The summed E-state index contributed by atoms with van der Waals surface area (Å²) in [6.07, 6.45) is 0. The first-order valence-electron chi connectivity index (χ1n) is 8.62. The molecule has 24 heavy (non-hydrogen) atoms. The van der Waals surface area contributed by atoms with E-state index in [4.69, 9.17) is 5.73 Å². The first-order chi connectivity index (χ1) is 10.2. The first-order valence-corrected chi connectivity index (χ1v) is 22.6. The second-order valence-electron chi connectivity index (χ2n) is 10.8. The summed E-state index contributed by atoms with van der Waals surface area (Å²) in [6, 6.07) is -0.0861. The molecule has 3 N–H and O–H groups in total. The highest BCUT2D eigenvalue weighted by Gasteiger charge is 2.64. The van der Waals surface area contributed by atoms with Crippen molar-refractivity contribution in [2.75, 3.05) is 0 Å². The van der Waals surface area contributed by atoms with E-state index in [2.05, 4.69) is 83.5 Å². The Hall–Kier alpha value is -0.392. The van der Waals surface area contributed by atoms with Gasteiger partial charge in [-0.05, 0) is 0 Å². The molecule has 0 rings (SSSR count). The number of rotatable bonds is 6. The maximum atomic E-state index is 13.4. The lowest BCUT2D eigenvalue weighted by atomic mass is 10.6. The molecule has 0 aromatic rings. The highest BCUT2D eigenvalue weighted by Crippen LogP contribution is 2.40. The third-order valence-electron chi connectivity index (χ3n) is 4.22. The zero-order valence-corrected chi connectivity index (χ0v) is 21.8. The third kappa shape index (κ3) is 4.61. The van der Waals surface area contributed by atoms with Crippen LogP contribution < -0.4 is 10.7 Å². The van der Waals surface area contributed by atoms with Crippen molar-refractivity contribution in [3.63, 3.8) is 0 Å².